The van der Waals surface area contributed by atoms with Crippen molar-refractivity contribution in [2.45, 2.75) is 13.3 Å². The van der Waals surface area contributed by atoms with Crippen LogP contribution in [0.15, 0.2) is 21.3 Å². The minimum atomic E-state index is -0.557. The number of carbonyl (C=O) groups is 1. The molecule has 0 saturated carbocycles. The van der Waals surface area contributed by atoms with Gasteiger partial charge in [0.15, 0.2) is 11.3 Å². The Morgan fingerprint density at radius 1 is 1.23 bits per heavy atom. The third kappa shape index (κ3) is 3.51. The molecule has 3 rings (SSSR count). The van der Waals surface area contributed by atoms with E-state index in [9.17, 15) is 9.59 Å². The predicted octanol–water partition coefficient (Wildman–Crippen LogP) is 1.02. The molecule has 1 aliphatic heterocycles. The van der Waals surface area contributed by atoms with E-state index >= 15 is 0 Å². The molecule has 0 spiro atoms. The zero-order valence-electron chi connectivity index (χ0n) is 15.1. The molecule has 0 atom stereocenters. The van der Waals surface area contributed by atoms with Gasteiger partial charge in [0.2, 0.25) is 11.7 Å². The minimum absolute atomic E-state index is 0.0597. The van der Waals surface area contributed by atoms with Crippen LogP contribution in [-0.4, -0.2) is 51.4 Å². The van der Waals surface area contributed by atoms with E-state index in [1.807, 2.05) is 0 Å². The molecule has 0 bridgehead atoms. The second-order valence-electron chi connectivity index (χ2n) is 5.98. The highest BCUT2D eigenvalue weighted by Gasteiger charge is 2.20. The van der Waals surface area contributed by atoms with Gasteiger partial charge < -0.3 is 18.6 Å². The standard InChI is InChI=1S/C18H22N2O6/c1-11-12-4-5-14(23-2)17(24-3)16(12)26-18(22)13(11)10-15(21)19-20-6-8-25-9-7-20/h4-5H,6-10H2,1-3H3,(H,19,21). The van der Waals surface area contributed by atoms with E-state index < -0.39 is 5.63 Å². The first-order valence-corrected chi connectivity index (χ1v) is 8.34. The number of benzene rings is 1. The Bertz CT molecular complexity index is 870. The average Bonchev–Trinajstić information content (AvgIpc) is 2.65. The summed E-state index contributed by atoms with van der Waals surface area (Å²) in [6.07, 6.45) is -0.0597. The Labute approximate surface area is 150 Å². The van der Waals surface area contributed by atoms with Crippen molar-refractivity contribution in [1.29, 1.82) is 0 Å². The van der Waals surface area contributed by atoms with E-state index in [4.69, 9.17) is 18.6 Å². The Balaban J connectivity index is 1.91. The van der Waals surface area contributed by atoms with Crippen molar-refractivity contribution in [2.75, 3.05) is 40.5 Å². The number of nitrogens with one attached hydrogen (secondary N) is 1. The van der Waals surface area contributed by atoms with E-state index in [-0.39, 0.29) is 12.3 Å². The summed E-state index contributed by atoms with van der Waals surface area (Å²) in [5.74, 6) is 0.567. The number of hydrogen-bond acceptors (Lipinski definition) is 7. The third-order valence-corrected chi connectivity index (χ3v) is 4.43. The van der Waals surface area contributed by atoms with E-state index in [0.29, 0.717) is 59.9 Å². The molecule has 1 aliphatic rings. The first-order valence-electron chi connectivity index (χ1n) is 8.34. The number of aryl methyl sites for hydroxylation is 1. The lowest BCUT2D eigenvalue weighted by Crippen LogP contribution is -2.49. The van der Waals surface area contributed by atoms with Crippen LogP contribution < -0.4 is 20.5 Å². The lowest BCUT2D eigenvalue weighted by Gasteiger charge is -2.26. The molecule has 2 heterocycles. The van der Waals surface area contributed by atoms with Crippen LogP contribution in [0.3, 0.4) is 0 Å². The van der Waals surface area contributed by atoms with Crippen LogP contribution in [-0.2, 0) is 16.0 Å². The van der Waals surface area contributed by atoms with Crippen molar-refractivity contribution >= 4 is 16.9 Å². The number of hydrazine groups is 1. The molecule has 1 N–H and O–H groups in total. The Hall–Kier alpha value is -2.58. The van der Waals surface area contributed by atoms with E-state index in [2.05, 4.69) is 5.43 Å². The largest absolute Gasteiger partial charge is 0.493 e. The highest BCUT2D eigenvalue weighted by molar-refractivity contribution is 5.89. The number of methoxy groups -OCH3 is 2. The first-order chi connectivity index (χ1) is 12.5. The molecule has 1 amide bonds. The monoisotopic (exact) mass is 362 g/mol. The summed E-state index contributed by atoms with van der Waals surface area (Å²) < 4.78 is 21.3. The number of hydrogen-bond donors (Lipinski definition) is 1. The third-order valence-electron chi connectivity index (χ3n) is 4.43. The SMILES string of the molecule is COc1ccc2c(C)c(CC(=O)NN3CCOCC3)c(=O)oc2c1OC. The molecule has 8 heteroatoms. The molecule has 0 radical (unpaired) electrons. The topological polar surface area (TPSA) is 90.2 Å². The van der Waals surface area contributed by atoms with Gasteiger partial charge in [0.25, 0.3) is 0 Å². The second kappa shape index (κ2) is 7.76. The summed E-state index contributed by atoms with van der Waals surface area (Å²) in [5, 5.41) is 2.49. The molecule has 2 aromatic rings. The first kappa shape index (κ1) is 18.2. The number of ether oxygens (including phenoxy) is 3. The summed E-state index contributed by atoms with van der Waals surface area (Å²) >= 11 is 0. The van der Waals surface area contributed by atoms with Crippen molar-refractivity contribution in [2.24, 2.45) is 0 Å². The molecule has 1 aromatic carbocycles. The van der Waals surface area contributed by atoms with Crippen molar-refractivity contribution in [3.8, 4) is 11.5 Å². The number of nitrogens with zero attached hydrogens (tertiary/aromatic N) is 1. The van der Waals surface area contributed by atoms with Gasteiger partial charge in [0.05, 0.1) is 39.4 Å². The van der Waals surface area contributed by atoms with Crippen molar-refractivity contribution in [3.05, 3.63) is 33.7 Å². The van der Waals surface area contributed by atoms with Gasteiger partial charge in [-0.1, -0.05) is 0 Å². The molecular weight excluding hydrogens is 340 g/mol. The summed E-state index contributed by atoms with van der Waals surface area (Å²) in [6, 6.07) is 3.53. The number of morpholine rings is 1. The normalized spacial score (nSPS) is 15.0. The Morgan fingerprint density at radius 2 is 1.96 bits per heavy atom. The molecule has 26 heavy (non-hydrogen) atoms. The van der Waals surface area contributed by atoms with Crippen LogP contribution in [0.25, 0.3) is 11.0 Å². The van der Waals surface area contributed by atoms with Crippen LogP contribution in [0, 0.1) is 6.92 Å². The molecule has 1 aromatic heterocycles. The fourth-order valence-corrected chi connectivity index (χ4v) is 3.02. The van der Waals surface area contributed by atoms with E-state index in [1.165, 1.54) is 14.2 Å². The van der Waals surface area contributed by atoms with Gasteiger partial charge in [-0.15, -0.1) is 0 Å². The Morgan fingerprint density at radius 3 is 2.62 bits per heavy atom. The molecular formula is C18H22N2O6. The van der Waals surface area contributed by atoms with Gasteiger partial charge >= 0.3 is 5.63 Å². The molecule has 140 valence electrons. The summed E-state index contributed by atoms with van der Waals surface area (Å²) in [5.41, 5.74) is 3.57. The second-order valence-corrected chi connectivity index (χ2v) is 5.98. The summed E-state index contributed by atoms with van der Waals surface area (Å²) in [4.78, 5) is 24.8. The fourth-order valence-electron chi connectivity index (χ4n) is 3.02. The zero-order valence-corrected chi connectivity index (χ0v) is 15.1. The quantitative estimate of drug-likeness (QED) is 0.794. The van der Waals surface area contributed by atoms with Crippen LogP contribution in [0.2, 0.25) is 0 Å². The maximum Gasteiger partial charge on any atom is 0.340 e. The van der Waals surface area contributed by atoms with Crippen LogP contribution in [0.5, 0.6) is 11.5 Å². The van der Waals surface area contributed by atoms with Gasteiger partial charge in [0.1, 0.15) is 0 Å². The minimum Gasteiger partial charge on any atom is -0.493 e. The van der Waals surface area contributed by atoms with Crippen molar-refractivity contribution in [3.63, 3.8) is 0 Å². The average molecular weight is 362 g/mol. The number of amides is 1. The predicted molar refractivity (Wildman–Crippen MR) is 94.6 cm³/mol. The lowest BCUT2D eigenvalue weighted by molar-refractivity contribution is -0.127. The number of carbonyl (C=O) groups excluding carboxylic acids is 1. The van der Waals surface area contributed by atoms with Gasteiger partial charge in [-0.2, -0.15) is 0 Å². The molecule has 1 saturated heterocycles. The molecule has 0 aliphatic carbocycles. The van der Waals surface area contributed by atoms with Crippen molar-refractivity contribution in [1.82, 2.24) is 10.4 Å². The number of fused-ring (bicyclic) bond motifs is 1. The van der Waals surface area contributed by atoms with Gasteiger partial charge in [-0.3, -0.25) is 10.2 Å². The van der Waals surface area contributed by atoms with Crippen LogP contribution >= 0.6 is 0 Å². The fraction of sp³-hybridized carbons (Fsp3) is 0.444. The highest BCUT2D eigenvalue weighted by atomic mass is 16.5. The van der Waals surface area contributed by atoms with Gasteiger partial charge in [-0.05, 0) is 24.6 Å². The number of rotatable bonds is 5. The maximum absolute atomic E-state index is 12.5. The zero-order chi connectivity index (χ0) is 18.7. The van der Waals surface area contributed by atoms with Crippen LogP contribution in [0.4, 0.5) is 0 Å². The summed E-state index contributed by atoms with van der Waals surface area (Å²) in [7, 11) is 3.00. The maximum atomic E-state index is 12.5. The van der Waals surface area contributed by atoms with Crippen molar-refractivity contribution < 1.29 is 23.4 Å². The smallest absolute Gasteiger partial charge is 0.340 e. The lowest BCUT2D eigenvalue weighted by atomic mass is 10.0. The summed E-state index contributed by atoms with van der Waals surface area (Å²) in [6.45, 7) is 4.17. The van der Waals surface area contributed by atoms with Crippen LogP contribution in [0.1, 0.15) is 11.1 Å². The Kier molecular flexibility index (Phi) is 5.43. The molecule has 1 fully saturated rings. The highest BCUT2D eigenvalue weighted by Crippen LogP contribution is 2.36. The van der Waals surface area contributed by atoms with Gasteiger partial charge in [0, 0.05) is 18.5 Å². The van der Waals surface area contributed by atoms with Gasteiger partial charge in [-0.25, -0.2) is 9.80 Å². The van der Waals surface area contributed by atoms with E-state index in [0.717, 1.165) is 0 Å². The van der Waals surface area contributed by atoms with E-state index in [1.54, 1.807) is 24.1 Å². The molecule has 8 nitrogen and oxygen atoms in total. The molecule has 0 unspecified atom stereocenters.